The first-order chi connectivity index (χ1) is 10.3. The number of rotatable bonds is 3. The van der Waals surface area contributed by atoms with E-state index < -0.39 is 0 Å². The van der Waals surface area contributed by atoms with Gasteiger partial charge in [0, 0.05) is 39.3 Å². The van der Waals surface area contributed by atoms with Gasteiger partial charge in [-0.15, -0.1) is 24.8 Å². The molecular weight excluding hydrogens is 337 g/mol. The highest BCUT2D eigenvalue weighted by Crippen LogP contribution is 2.10. The van der Waals surface area contributed by atoms with Crippen LogP contribution in [0.1, 0.15) is 5.56 Å². The molecule has 0 radical (unpaired) electrons. The lowest BCUT2D eigenvalue weighted by atomic mass is 10.2. The zero-order valence-electron chi connectivity index (χ0n) is 13.1. The van der Waals surface area contributed by atoms with Crippen molar-refractivity contribution in [1.82, 2.24) is 15.1 Å². The van der Waals surface area contributed by atoms with E-state index in [-0.39, 0.29) is 36.8 Å². The van der Waals surface area contributed by atoms with Crippen molar-refractivity contribution in [2.45, 2.75) is 12.6 Å². The van der Waals surface area contributed by atoms with Crippen LogP contribution in [0, 0.1) is 0 Å². The number of hydrogen-bond acceptors (Lipinski definition) is 4. The van der Waals surface area contributed by atoms with Crippen LogP contribution >= 0.6 is 24.8 Å². The first-order valence-electron chi connectivity index (χ1n) is 7.69. The second-order valence-corrected chi connectivity index (χ2v) is 5.67. The van der Waals surface area contributed by atoms with E-state index in [1.54, 1.807) is 0 Å². The molecule has 3 rings (SSSR count). The molecule has 1 N–H and O–H groups in total. The van der Waals surface area contributed by atoms with E-state index in [9.17, 15) is 4.79 Å². The minimum atomic E-state index is -0.153. The average molecular weight is 362 g/mol. The van der Waals surface area contributed by atoms with E-state index in [0.717, 1.165) is 39.3 Å². The third-order valence-corrected chi connectivity index (χ3v) is 4.15. The molecule has 2 saturated heterocycles. The lowest BCUT2D eigenvalue weighted by Crippen LogP contribution is -2.57. The topological polar surface area (TPSA) is 44.8 Å². The molecule has 0 saturated carbocycles. The zero-order valence-corrected chi connectivity index (χ0v) is 14.8. The summed E-state index contributed by atoms with van der Waals surface area (Å²) in [4.78, 5) is 16.8. The predicted molar refractivity (Wildman–Crippen MR) is 95.4 cm³/mol. The SMILES string of the molecule is Cl.Cl.O=C(C1COCCN1)N1CCN(Cc2ccccc2)CC1. The van der Waals surface area contributed by atoms with Crippen LogP contribution in [-0.2, 0) is 16.1 Å². The Labute approximate surface area is 150 Å². The van der Waals surface area contributed by atoms with E-state index in [1.807, 2.05) is 11.0 Å². The van der Waals surface area contributed by atoms with E-state index in [4.69, 9.17) is 4.74 Å². The normalized spacial score (nSPS) is 21.9. The highest BCUT2D eigenvalue weighted by Gasteiger charge is 2.28. The zero-order chi connectivity index (χ0) is 14.5. The fraction of sp³-hybridized carbons (Fsp3) is 0.562. The Hall–Kier alpha value is -0.850. The van der Waals surface area contributed by atoms with Gasteiger partial charge in [0.15, 0.2) is 0 Å². The molecule has 0 spiro atoms. The Morgan fingerprint density at radius 1 is 1.13 bits per heavy atom. The molecule has 2 fully saturated rings. The van der Waals surface area contributed by atoms with Gasteiger partial charge in [0.25, 0.3) is 0 Å². The van der Waals surface area contributed by atoms with Crippen LogP contribution in [0.4, 0.5) is 0 Å². The predicted octanol–water partition coefficient (Wildman–Crippen LogP) is 1.16. The van der Waals surface area contributed by atoms with Crippen molar-refractivity contribution in [1.29, 1.82) is 0 Å². The summed E-state index contributed by atoms with van der Waals surface area (Å²) in [6, 6.07) is 10.3. The largest absolute Gasteiger partial charge is 0.378 e. The van der Waals surface area contributed by atoms with E-state index in [2.05, 4.69) is 34.5 Å². The first kappa shape index (κ1) is 20.2. The Morgan fingerprint density at radius 2 is 1.83 bits per heavy atom. The van der Waals surface area contributed by atoms with Crippen molar-refractivity contribution in [3.63, 3.8) is 0 Å². The van der Waals surface area contributed by atoms with Crippen LogP contribution in [-0.4, -0.2) is 67.7 Å². The van der Waals surface area contributed by atoms with Gasteiger partial charge in [-0.3, -0.25) is 9.69 Å². The summed E-state index contributed by atoms with van der Waals surface area (Å²) >= 11 is 0. The Balaban J connectivity index is 0.00000132. The molecule has 1 amide bonds. The summed E-state index contributed by atoms with van der Waals surface area (Å²) < 4.78 is 5.37. The molecule has 2 aliphatic rings. The van der Waals surface area contributed by atoms with E-state index in [1.165, 1.54) is 5.56 Å². The lowest BCUT2D eigenvalue weighted by molar-refractivity contribution is -0.138. The molecular formula is C16H25Cl2N3O2. The van der Waals surface area contributed by atoms with E-state index >= 15 is 0 Å². The molecule has 2 aliphatic heterocycles. The minimum absolute atomic E-state index is 0. The Bertz CT molecular complexity index is 462. The number of amides is 1. The highest BCUT2D eigenvalue weighted by molar-refractivity contribution is 5.85. The second-order valence-electron chi connectivity index (χ2n) is 5.67. The standard InChI is InChI=1S/C16H23N3O2.2ClH/c20-16(15-13-21-11-6-17-15)19-9-7-18(8-10-19)12-14-4-2-1-3-5-14;;/h1-5,15,17H,6-13H2;2*1H. The number of benzene rings is 1. The van der Waals surface area contributed by atoms with Crippen LogP contribution < -0.4 is 5.32 Å². The van der Waals surface area contributed by atoms with Crippen LogP contribution in [0.25, 0.3) is 0 Å². The molecule has 1 aromatic rings. The smallest absolute Gasteiger partial charge is 0.242 e. The number of carbonyl (C=O) groups is 1. The molecule has 0 aromatic heterocycles. The summed E-state index contributed by atoms with van der Waals surface area (Å²) in [7, 11) is 0. The van der Waals surface area contributed by atoms with Crippen LogP contribution in [0.2, 0.25) is 0 Å². The minimum Gasteiger partial charge on any atom is -0.378 e. The van der Waals surface area contributed by atoms with Crippen LogP contribution in [0.3, 0.4) is 0 Å². The van der Waals surface area contributed by atoms with Gasteiger partial charge in [-0.1, -0.05) is 30.3 Å². The number of piperazine rings is 1. The van der Waals surface area contributed by atoms with Gasteiger partial charge in [-0.2, -0.15) is 0 Å². The van der Waals surface area contributed by atoms with Crippen LogP contribution in [0.15, 0.2) is 30.3 Å². The van der Waals surface area contributed by atoms with Gasteiger partial charge in [0.2, 0.25) is 5.91 Å². The second kappa shape index (κ2) is 10.1. The molecule has 0 bridgehead atoms. The number of morpholine rings is 1. The molecule has 5 nitrogen and oxygen atoms in total. The van der Waals surface area contributed by atoms with Crippen molar-refractivity contribution in [3.05, 3.63) is 35.9 Å². The quantitative estimate of drug-likeness (QED) is 0.877. The maximum atomic E-state index is 12.4. The third-order valence-electron chi connectivity index (χ3n) is 4.15. The average Bonchev–Trinajstić information content (AvgIpc) is 2.57. The maximum Gasteiger partial charge on any atom is 0.242 e. The fourth-order valence-corrected chi connectivity index (χ4v) is 2.91. The molecule has 1 aromatic carbocycles. The van der Waals surface area contributed by atoms with Crippen LogP contribution in [0.5, 0.6) is 0 Å². The molecule has 0 aliphatic carbocycles. The maximum absolute atomic E-state index is 12.4. The number of hydrogen-bond donors (Lipinski definition) is 1. The summed E-state index contributed by atoms with van der Waals surface area (Å²) in [5.74, 6) is 0.189. The van der Waals surface area contributed by atoms with Crippen molar-refractivity contribution >= 4 is 30.7 Å². The molecule has 1 unspecified atom stereocenters. The van der Waals surface area contributed by atoms with Crippen molar-refractivity contribution in [2.24, 2.45) is 0 Å². The van der Waals surface area contributed by atoms with Gasteiger partial charge >= 0.3 is 0 Å². The summed E-state index contributed by atoms with van der Waals surface area (Å²) in [6.45, 7) is 6.44. The van der Waals surface area contributed by atoms with Crippen molar-refractivity contribution < 1.29 is 9.53 Å². The van der Waals surface area contributed by atoms with Crippen molar-refractivity contribution in [2.75, 3.05) is 45.9 Å². The fourth-order valence-electron chi connectivity index (χ4n) is 2.91. The first-order valence-corrected chi connectivity index (χ1v) is 7.69. The number of ether oxygens (including phenoxy) is 1. The van der Waals surface area contributed by atoms with Gasteiger partial charge in [0.1, 0.15) is 6.04 Å². The van der Waals surface area contributed by atoms with E-state index in [0.29, 0.717) is 13.2 Å². The lowest BCUT2D eigenvalue weighted by Gasteiger charge is -2.37. The van der Waals surface area contributed by atoms with Gasteiger partial charge in [-0.05, 0) is 5.56 Å². The number of halogens is 2. The molecule has 130 valence electrons. The molecule has 23 heavy (non-hydrogen) atoms. The summed E-state index contributed by atoms with van der Waals surface area (Å²) in [6.07, 6.45) is 0. The molecule has 2 heterocycles. The summed E-state index contributed by atoms with van der Waals surface area (Å²) in [5.41, 5.74) is 1.33. The highest BCUT2D eigenvalue weighted by atomic mass is 35.5. The molecule has 7 heteroatoms. The molecule has 1 atom stereocenters. The van der Waals surface area contributed by atoms with Gasteiger partial charge in [0.05, 0.1) is 13.2 Å². The Morgan fingerprint density at radius 3 is 2.43 bits per heavy atom. The van der Waals surface area contributed by atoms with Gasteiger partial charge in [-0.25, -0.2) is 0 Å². The number of nitrogens with zero attached hydrogens (tertiary/aromatic N) is 2. The monoisotopic (exact) mass is 361 g/mol. The number of carbonyl (C=O) groups excluding carboxylic acids is 1. The van der Waals surface area contributed by atoms with Gasteiger partial charge < -0.3 is 15.0 Å². The Kier molecular flexibility index (Phi) is 8.87. The number of nitrogens with one attached hydrogen (secondary N) is 1. The van der Waals surface area contributed by atoms with Crippen molar-refractivity contribution in [3.8, 4) is 0 Å². The third kappa shape index (κ3) is 5.62. The summed E-state index contributed by atoms with van der Waals surface area (Å²) in [5, 5.41) is 3.24.